The van der Waals surface area contributed by atoms with Gasteiger partial charge in [-0.15, -0.1) is 0 Å². The van der Waals surface area contributed by atoms with Gasteiger partial charge in [0.25, 0.3) is 0 Å². The Bertz CT molecular complexity index is 515. The second-order valence-electron chi connectivity index (χ2n) is 6.94. The SMILES string of the molecule is CN1CCN(C)C(Cc2nc(Cl)c(Br)c(C(C)(C)C)n2)C1. The van der Waals surface area contributed by atoms with Crippen molar-refractivity contribution in [1.29, 1.82) is 0 Å². The maximum absolute atomic E-state index is 6.29. The molecule has 1 aliphatic heterocycles. The molecule has 2 rings (SSSR count). The first-order valence-electron chi connectivity index (χ1n) is 7.29. The summed E-state index contributed by atoms with van der Waals surface area (Å²) in [6.07, 6.45) is 0.830. The van der Waals surface area contributed by atoms with Crippen molar-refractivity contribution < 1.29 is 0 Å². The van der Waals surface area contributed by atoms with Crippen molar-refractivity contribution in [2.24, 2.45) is 0 Å². The van der Waals surface area contributed by atoms with Gasteiger partial charge >= 0.3 is 0 Å². The van der Waals surface area contributed by atoms with E-state index < -0.39 is 0 Å². The Labute approximate surface area is 141 Å². The number of hydrogen-bond acceptors (Lipinski definition) is 4. The van der Waals surface area contributed by atoms with Gasteiger partial charge in [0.2, 0.25) is 0 Å². The van der Waals surface area contributed by atoms with Gasteiger partial charge < -0.3 is 9.80 Å². The Hall–Kier alpha value is -0.230. The number of rotatable bonds is 2. The quantitative estimate of drug-likeness (QED) is 0.744. The Kier molecular flexibility index (Phi) is 5.29. The van der Waals surface area contributed by atoms with E-state index in [1.165, 1.54) is 0 Å². The molecule has 1 unspecified atom stereocenters. The van der Waals surface area contributed by atoms with E-state index in [-0.39, 0.29) is 5.41 Å². The smallest absolute Gasteiger partial charge is 0.147 e. The van der Waals surface area contributed by atoms with E-state index in [0.717, 1.165) is 42.0 Å². The minimum Gasteiger partial charge on any atom is -0.304 e. The summed E-state index contributed by atoms with van der Waals surface area (Å²) in [5.74, 6) is 0.834. The Balaban J connectivity index is 2.26. The minimum absolute atomic E-state index is 0.0601. The monoisotopic (exact) mass is 374 g/mol. The maximum atomic E-state index is 6.29. The lowest BCUT2D eigenvalue weighted by Gasteiger charge is -2.37. The molecule has 0 N–H and O–H groups in total. The van der Waals surface area contributed by atoms with E-state index in [0.29, 0.717) is 11.2 Å². The molecule has 0 aliphatic carbocycles. The second-order valence-corrected chi connectivity index (χ2v) is 8.10. The van der Waals surface area contributed by atoms with Gasteiger partial charge in [0.15, 0.2) is 0 Å². The van der Waals surface area contributed by atoms with Crippen LogP contribution in [0, 0.1) is 0 Å². The van der Waals surface area contributed by atoms with E-state index in [1.807, 2.05) is 0 Å². The van der Waals surface area contributed by atoms with E-state index in [9.17, 15) is 0 Å². The zero-order valence-electron chi connectivity index (χ0n) is 13.5. The van der Waals surface area contributed by atoms with Crippen molar-refractivity contribution in [2.45, 2.75) is 38.6 Å². The fourth-order valence-electron chi connectivity index (χ4n) is 2.58. The Morgan fingerprint density at radius 1 is 1.24 bits per heavy atom. The third-order valence-corrected chi connectivity index (χ3v) is 5.22. The molecule has 6 heteroatoms. The van der Waals surface area contributed by atoms with Crippen molar-refractivity contribution in [3.8, 4) is 0 Å². The summed E-state index contributed by atoms with van der Waals surface area (Å²) in [6.45, 7) is 9.65. The number of halogens is 2. The topological polar surface area (TPSA) is 32.3 Å². The largest absolute Gasteiger partial charge is 0.304 e. The van der Waals surface area contributed by atoms with Crippen LogP contribution in [0.3, 0.4) is 0 Å². The fourth-order valence-corrected chi connectivity index (χ4v) is 3.54. The lowest BCUT2D eigenvalue weighted by atomic mass is 9.92. The van der Waals surface area contributed by atoms with Crippen LogP contribution in [-0.4, -0.2) is 59.5 Å². The number of aromatic nitrogens is 2. The molecule has 1 aromatic rings. The first kappa shape index (κ1) is 17.1. The highest BCUT2D eigenvalue weighted by Gasteiger charge is 2.26. The van der Waals surface area contributed by atoms with Gasteiger partial charge in [-0.1, -0.05) is 32.4 Å². The molecule has 1 aliphatic rings. The van der Waals surface area contributed by atoms with E-state index in [2.05, 4.69) is 65.6 Å². The van der Waals surface area contributed by atoms with Crippen LogP contribution in [-0.2, 0) is 11.8 Å². The van der Waals surface area contributed by atoms with Crippen molar-refractivity contribution in [3.05, 3.63) is 21.1 Å². The standard InChI is InChI=1S/C15H24BrClN4/c1-15(2,3)13-12(16)14(17)19-11(18-13)8-10-9-20(4)6-7-21(10)5/h10H,6-9H2,1-5H3. The van der Waals surface area contributed by atoms with Crippen LogP contribution in [0.5, 0.6) is 0 Å². The molecule has 2 heterocycles. The van der Waals surface area contributed by atoms with Gasteiger partial charge in [-0.05, 0) is 30.0 Å². The fraction of sp³-hybridized carbons (Fsp3) is 0.733. The van der Waals surface area contributed by atoms with Crippen LogP contribution in [0.25, 0.3) is 0 Å². The van der Waals surface area contributed by atoms with Crippen LogP contribution in [0.1, 0.15) is 32.3 Å². The molecule has 118 valence electrons. The maximum Gasteiger partial charge on any atom is 0.147 e. The summed E-state index contributed by atoms with van der Waals surface area (Å²) in [7, 11) is 4.33. The third kappa shape index (κ3) is 4.15. The minimum atomic E-state index is -0.0601. The predicted octanol–water partition coefficient (Wildman–Crippen LogP) is 2.98. The first-order chi connectivity index (χ1) is 9.68. The van der Waals surface area contributed by atoms with Crippen LogP contribution in [0.4, 0.5) is 0 Å². The highest BCUT2D eigenvalue weighted by atomic mass is 79.9. The average molecular weight is 376 g/mol. The summed E-state index contributed by atoms with van der Waals surface area (Å²) >= 11 is 9.81. The van der Waals surface area contributed by atoms with Gasteiger partial charge in [-0.3, -0.25) is 0 Å². The highest BCUT2D eigenvalue weighted by molar-refractivity contribution is 9.10. The van der Waals surface area contributed by atoms with Crippen LogP contribution in [0.15, 0.2) is 4.47 Å². The van der Waals surface area contributed by atoms with Gasteiger partial charge in [0.05, 0.1) is 10.2 Å². The van der Waals surface area contributed by atoms with Crippen molar-refractivity contribution in [2.75, 3.05) is 33.7 Å². The molecular weight excluding hydrogens is 352 g/mol. The van der Waals surface area contributed by atoms with Crippen molar-refractivity contribution in [1.82, 2.24) is 19.8 Å². The summed E-state index contributed by atoms with van der Waals surface area (Å²) in [5, 5.41) is 0.511. The average Bonchev–Trinajstić information content (AvgIpc) is 2.36. The van der Waals surface area contributed by atoms with Crippen molar-refractivity contribution >= 4 is 27.5 Å². The number of piperazine rings is 1. The second kappa shape index (κ2) is 6.49. The highest BCUT2D eigenvalue weighted by Crippen LogP contribution is 2.32. The predicted molar refractivity (Wildman–Crippen MR) is 91.1 cm³/mol. The molecule has 0 bridgehead atoms. The molecule has 1 atom stereocenters. The van der Waals surface area contributed by atoms with E-state index in [1.54, 1.807) is 0 Å². The number of hydrogen-bond donors (Lipinski definition) is 0. The van der Waals surface area contributed by atoms with Gasteiger partial charge in [-0.25, -0.2) is 9.97 Å². The molecule has 1 saturated heterocycles. The lowest BCUT2D eigenvalue weighted by molar-refractivity contribution is 0.113. The van der Waals surface area contributed by atoms with E-state index >= 15 is 0 Å². The molecule has 21 heavy (non-hydrogen) atoms. The molecule has 0 aromatic carbocycles. The Morgan fingerprint density at radius 3 is 2.52 bits per heavy atom. The van der Waals surface area contributed by atoms with Crippen LogP contribution >= 0.6 is 27.5 Å². The summed E-state index contributed by atoms with van der Waals surface area (Å²) < 4.78 is 0.814. The first-order valence-corrected chi connectivity index (χ1v) is 8.46. The lowest BCUT2D eigenvalue weighted by Crippen LogP contribution is -2.51. The number of nitrogens with zero attached hydrogens (tertiary/aromatic N) is 4. The molecule has 4 nitrogen and oxygen atoms in total. The zero-order chi connectivity index (χ0) is 15.8. The van der Waals surface area contributed by atoms with Crippen LogP contribution in [0.2, 0.25) is 5.15 Å². The normalized spacial score (nSPS) is 21.8. The Morgan fingerprint density at radius 2 is 1.90 bits per heavy atom. The van der Waals surface area contributed by atoms with Crippen LogP contribution < -0.4 is 0 Å². The number of likely N-dealkylation sites (N-methyl/N-ethyl adjacent to an activating group) is 2. The zero-order valence-corrected chi connectivity index (χ0v) is 15.8. The molecular formula is C15H24BrClN4. The van der Waals surface area contributed by atoms with Gasteiger partial charge in [0.1, 0.15) is 11.0 Å². The third-order valence-electron chi connectivity index (χ3n) is 3.97. The van der Waals surface area contributed by atoms with Gasteiger partial charge in [0, 0.05) is 37.5 Å². The molecule has 0 spiro atoms. The van der Waals surface area contributed by atoms with E-state index in [4.69, 9.17) is 16.6 Å². The van der Waals surface area contributed by atoms with Crippen molar-refractivity contribution in [3.63, 3.8) is 0 Å². The molecule has 0 radical (unpaired) electrons. The molecule has 1 aromatic heterocycles. The molecule has 0 saturated carbocycles. The summed E-state index contributed by atoms with van der Waals surface area (Å²) in [5.41, 5.74) is 0.916. The van der Waals surface area contributed by atoms with Gasteiger partial charge in [-0.2, -0.15) is 0 Å². The summed E-state index contributed by atoms with van der Waals surface area (Å²) in [4.78, 5) is 14.0. The summed E-state index contributed by atoms with van der Waals surface area (Å²) in [6, 6.07) is 0.439. The molecule has 0 amide bonds. The molecule has 1 fully saturated rings.